The highest BCUT2D eigenvalue weighted by molar-refractivity contribution is 7.98. The van der Waals surface area contributed by atoms with Gasteiger partial charge >= 0.3 is 0 Å². The minimum absolute atomic E-state index is 0.436. The Balaban J connectivity index is 1.81. The molecule has 0 atom stereocenters. The summed E-state index contributed by atoms with van der Waals surface area (Å²) in [4.78, 5) is 8.37. The third kappa shape index (κ3) is 4.61. The molecule has 19 heavy (non-hydrogen) atoms. The maximum atomic E-state index is 5.90. The van der Waals surface area contributed by atoms with Crippen molar-refractivity contribution in [2.45, 2.75) is 5.16 Å². The van der Waals surface area contributed by atoms with Crippen molar-refractivity contribution in [3.05, 3.63) is 41.6 Å². The second-order valence-electron chi connectivity index (χ2n) is 3.65. The molecule has 6 heteroatoms. The molecular weight excluding hydrogens is 282 g/mol. The van der Waals surface area contributed by atoms with E-state index >= 15 is 0 Å². The van der Waals surface area contributed by atoms with Crippen LogP contribution < -0.4 is 10.1 Å². The number of nitrogens with one attached hydrogen (secondary N) is 1. The maximum absolute atomic E-state index is 5.90. The zero-order valence-corrected chi connectivity index (χ0v) is 12.0. The first-order valence-electron chi connectivity index (χ1n) is 5.78. The van der Waals surface area contributed by atoms with Crippen LogP contribution in [-0.4, -0.2) is 29.4 Å². The lowest BCUT2D eigenvalue weighted by molar-refractivity contribution is 0.332. The van der Waals surface area contributed by atoms with E-state index in [2.05, 4.69) is 15.3 Å². The Hall–Kier alpha value is -1.46. The van der Waals surface area contributed by atoms with E-state index in [-0.39, 0.29) is 0 Å². The van der Waals surface area contributed by atoms with Gasteiger partial charge in [0.25, 0.3) is 0 Å². The number of hydrogen-bond donors (Lipinski definition) is 1. The van der Waals surface area contributed by atoms with Crippen molar-refractivity contribution in [1.29, 1.82) is 0 Å². The van der Waals surface area contributed by atoms with Gasteiger partial charge in [-0.1, -0.05) is 41.6 Å². The van der Waals surface area contributed by atoms with E-state index in [0.29, 0.717) is 29.3 Å². The van der Waals surface area contributed by atoms with Crippen LogP contribution in [0.2, 0.25) is 5.15 Å². The fraction of sp³-hybridized carbons (Fsp3) is 0.231. The summed E-state index contributed by atoms with van der Waals surface area (Å²) in [5.41, 5.74) is 0. The number of rotatable bonds is 6. The van der Waals surface area contributed by atoms with Crippen molar-refractivity contribution < 1.29 is 4.74 Å². The summed E-state index contributed by atoms with van der Waals surface area (Å²) in [6.07, 6.45) is 1.91. The van der Waals surface area contributed by atoms with Gasteiger partial charge in [0.1, 0.15) is 23.3 Å². The highest BCUT2D eigenvalue weighted by Crippen LogP contribution is 2.17. The highest BCUT2D eigenvalue weighted by Gasteiger charge is 2.01. The average Bonchev–Trinajstić information content (AvgIpc) is 2.44. The largest absolute Gasteiger partial charge is 0.492 e. The van der Waals surface area contributed by atoms with Gasteiger partial charge in [0, 0.05) is 6.07 Å². The van der Waals surface area contributed by atoms with Crippen LogP contribution >= 0.6 is 23.4 Å². The molecule has 4 nitrogen and oxygen atoms in total. The molecule has 0 aliphatic heterocycles. The van der Waals surface area contributed by atoms with Gasteiger partial charge in [0.2, 0.25) is 0 Å². The minimum atomic E-state index is 0.436. The summed E-state index contributed by atoms with van der Waals surface area (Å²) < 4.78 is 5.57. The first kappa shape index (κ1) is 14.0. The fourth-order valence-electron chi connectivity index (χ4n) is 1.44. The summed E-state index contributed by atoms with van der Waals surface area (Å²) in [6.45, 7) is 1.20. The molecule has 0 bridgehead atoms. The average molecular weight is 296 g/mol. The number of thioether (sulfide) groups is 1. The van der Waals surface area contributed by atoms with Crippen LogP contribution in [0.15, 0.2) is 41.6 Å². The molecule has 0 aliphatic rings. The number of benzene rings is 1. The SMILES string of the molecule is CSc1nc(Cl)cc(NCCOc2ccccc2)n1. The molecule has 1 aromatic heterocycles. The molecule has 0 radical (unpaired) electrons. The minimum Gasteiger partial charge on any atom is -0.492 e. The van der Waals surface area contributed by atoms with E-state index in [1.165, 1.54) is 11.8 Å². The summed E-state index contributed by atoms with van der Waals surface area (Å²) in [7, 11) is 0. The van der Waals surface area contributed by atoms with Crippen molar-refractivity contribution >= 4 is 29.2 Å². The molecule has 2 aromatic rings. The molecule has 0 saturated carbocycles. The van der Waals surface area contributed by atoms with Crippen LogP contribution in [0, 0.1) is 0 Å². The van der Waals surface area contributed by atoms with E-state index in [1.54, 1.807) is 6.07 Å². The zero-order chi connectivity index (χ0) is 13.5. The Morgan fingerprint density at radius 1 is 1.26 bits per heavy atom. The van der Waals surface area contributed by atoms with E-state index < -0.39 is 0 Å². The van der Waals surface area contributed by atoms with Gasteiger partial charge < -0.3 is 10.1 Å². The number of para-hydroxylation sites is 1. The van der Waals surface area contributed by atoms with Gasteiger partial charge in [-0.3, -0.25) is 0 Å². The molecular formula is C13H14ClN3OS. The summed E-state index contributed by atoms with van der Waals surface area (Å²) in [5.74, 6) is 1.57. The number of anilines is 1. The lowest BCUT2D eigenvalue weighted by Crippen LogP contribution is -2.12. The number of nitrogens with zero attached hydrogens (tertiary/aromatic N) is 2. The van der Waals surface area contributed by atoms with Crippen LogP contribution in [0.4, 0.5) is 5.82 Å². The van der Waals surface area contributed by atoms with Crippen LogP contribution in [0.3, 0.4) is 0 Å². The predicted molar refractivity (Wildman–Crippen MR) is 79.2 cm³/mol. The molecule has 100 valence electrons. The molecule has 0 unspecified atom stereocenters. The Morgan fingerprint density at radius 2 is 2.05 bits per heavy atom. The Morgan fingerprint density at radius 3 is 2.79 bits per heavy atom. The monoisotopic (exact) mass is 295 g/mol. The molecule has 1 heterocycles. The molecule has 0 aliphatic carbocycles. The third-order valence-corrected chi connectivity index (χ3v) is 3.02. The molecule has 2 rings (SSSR count). The van der Waals surface area contributed by atoms with Gasteiger partial charge in [-0.05, 0) is 18.4 Å². The summed E-state index contributed by atoms with van der Waals surface area (Å²) >= 11 is 7.36. The second-order valence-corrected chi connectivity index (χ2v) is 4.81. The van der Waals surface area contributed by atoms with Crippen molar-refractivity contribution in [1.82, 2.24) is 9.97 Å². The van der Waals surface area contributed by atoms with Crippen molar-refractivity contribution in [3.8, 4) is 5.75 Å². The molecule has 0 saturated heterocycles. The first-order valence-corrected chi connectivity index (χ1v) is 7.38. The standard InChI is InChI=1S/C13H14ClN3OS/c1-19-13-16-11(14)9-12(17-13)15-7-8-18-10-5-3-2-4-6-10/h2-6,9H,7-8H2,1H3,(H,15,16,17). The first-order chi connectivity index (χ1) is 9.28. The van der Waals surface area contributed by atoms with E-state index in [4.69, 9.17) is 16.3 Å². The van der Waals surface area contributed by atoms with Gasteiger partial charge in [-0.25, -0.2) is 9.97 Å². The quantitative estimate of drug-likeness (QED) is 0.383. The van der Waals surface area contributed by atoms with E-state index in [9.17, 15) is 0 Å². The lowest BCUT2D eigenvalue weighted by atomic mass is 10.3. The zero-order valence-electron chi connectivity index (χ0n) is 10.5. The van der Waals surface area contributed by atoms with Crippen LogP contribution in [-0.2, 0) is 0 Å². The van der Waals surface area contributed by atoms with Crippen molar-refractivity contribution in [3.63, 3.8) is 0 Å². The van der Waals surface area contributed by atoms with Crippen LogP contribution in [0.1, 0.15) is 0 Å². The van der Waals surface area contributed by atoms with Crippen molar-refractivity contribution in [2.24, 2.45) is 0 Å². The van der Waals surface area contributed by atoms with Gasteiger partial charge in [-0.2, -0.15) is 0 Å². The Labute approximate surface area is 121 Å². The van der Waals surface area contributed by atoms with E-state index in [0.717, 1.165) is 5.75 Å². The van der Waals surface area contributed by atoms with Crippen molar-refractivity contribution in [2.75, 3.05) is 24.7 Å². The third-order valence-electron chi connectivity index (χ3n) is 2.28. The number of ether oxygens (including phenoxy) is 1. The smallest absolute Gasteiger partial charge is 0.190 e. The van der Waals surface area contributed by atoms with Crippen LogP contribution in [0.25, 0.3) is 0 Å². The van der Waals surface area contributed by atoms with Crippen LogP contribution in [0.5, 0.6) is 5.75 Å². The predicted octanol–water partition coefficient (Wildman–Crippen LogP) is 3.34. The summed E-state index contributed by atoms with van der Waals surface area (Å²) in [5, 5.41) is 4.24. The molecule has 0 fully saturated rings. The van der Waals surface area contributed by atoms with E-state index in [1.807, 2.05) is 36.6 Å². The fourth-order valence-corrected chi connectivity index (χ4v) is 2.06. The Kier molecular flexibility index (Phi) is 5.30. The number of halogens is 1. The highest BCUT2D eigenvalue weighted by atomic mass is 35.5. The normalized spacial score (nSPS) is 10.2. The molecule has 1 aromatic carbocycles. The summed E-state index contributed by atoms with van der Waals surface area (Å²) in [6, 6.07) is 11.4. The van der Waals surface area contributed by atoms with Gasteiger partial charge in [-0.15, -0.1) is 0 Å². The second kappa shape index (κ2) is 7.21. The lowest BCUT2D eigenvalue weighted by Gasteiger charge is -2.08. The molecule has 0 spiro atoms. The Bertz CT molecular complexity index is 525. The van der Waals surface area contributed by atoms with Gasteiger partial charge in [0.05, 0.1) is 6.54 Å². The number of aromatic nitrogens is 2. The molecule has 1 N–H and O–H groups in total. The topological polar surface area (TPSA) is 47.0 Å². The van der Waals surface area contributed by atoms with Gasteiger partial charge in [0.15, 0.2) is 5.16 Å². The molecule has 0 amide bonds. The maximum Gasteiger partial charge on any atom is 0.190 e. The number of hydrogen-bond acceptors (Lipinski definition) is 5.